The van der Waals surface area contributed by atoms with Gasteiger partial charge in [0, 0.05) is 0 Å². The molecule has 0 aromatic heterocycles. The van der Waals surface area contributed by atoms with Gasteiger partial charge in [-0.2, -0.15) is 0 Å². The van der Waals surface area contributed by atoms with Gasteiger partial charge in [-0.1, -0.05) is 78.4 Å². The molecule has 2 atom stereocenters. The van der Waals surface area contributed by atoms with E-state index in [0.29, 0.717) is 26.2 Å². The monoisotopic (exact) mass is 501 g/mol. The first-order valence-electron chi connectivity index (χ1n) is 13.2. The van der Waals surface area contributed by atoms with Gasteiger partial charge in [0.25, 0.3) is 0 Å². The van der Waals surface area contributed by atoms with Crippen LogP contribution in [0.15, 0.2) is 78.9 Å². The number of benzene rings is 3. The normalized spacial score (nSPS) is 17.6. The average Bonchev–Trinajstić information content (AvgIpc) is 3.28. The van der Waals surface area contributed by atoms with Gasteiger partial charge < -0.3 is 14.2 Å². The second-order valence-electron chi connectivity index (χ2n) is 10.8. The Balaban J connectivity index is 1.40. The van der Waals surface area contributed by atoms with Crippen molar-refractivity contribution < 1.29 is 19.0 Å². The Hall–Kier alpha value is -3.31. The summed E-state index contributed by atoms with van der Waals surface area (Å²) in [5, 5.41) is 0. The Morgan fingerprint density at radius 2 is 1.65 bits per heavy atom. The van der Waals surface area contributed by atoms with E-state index in [4.69, 9.17) is 14.2 Å². The summed E-state index contributed by atoms with van der Waals surface area (Å²) in [6, 6.07) is 26.8. The SMILES string of the molecule is Cc1cccc(CCc2ccccc2OCC2C[C@@H](OCc3ccccc3)CN2C(=O)OC(C)(C)C)c1. The lowest BCUT2D eigenvalue weighted by Gasteiger charge is -2.28. The van der Waals surface area contributed by atoms with Gasteiger partial charge in [0.15, 0.2) is 0 Å². The third-order valence-electron chi connectivity index (χ3n) is 6.50. The van der Waals surface area contributed by atoms with Crippen molar-refractivity contribution in [2.75, 3.05) is 13.2 Å². The molecule has 1 unspecified atom stereocenters. The van der Waals surface area contributed by atoms with Crippen molar-refractivity contribution in [1.82, 2.24) is 4.90 Å². The summed E-state index contributed by atoms with van der Waals surface area (Å²) < 4.78 is 18.3. The van der Waals surface area contributed by atoms with E-state index in [1.54, 1.807) is 4.90 Å². The van der Waals surface area contributed by atoms with Gasteiger partial charge in [0.05, 0.1) is 25.3 Å². The molecule has 37 heavy (non-hydrogen) atoms. The number of rotatable bonds is 9. The third-order valence-corrected chi connectivity index (χ3v) is 6.50. The molecule has 3 aromatic rings. The van der Waals surface area contributed by atoms with E-state index >= 15 is 0 Å². The number of hydrogen-bond acceptors (Lipinski definition) is 4. The van der Waals surface area contributed by atoms with Crippen molar-refractivity contribution >= 4 is 6.09 Å². The zero-order chi connectivity index (χ0) is 26.3. The predicted octanol–water partition coefficient (Wildman–Crippen LogP) is 6.75. The first-order chi connectivity index (χ1) is 17.8. The summed E-state index contributed by atoms with van der Waals surface area (Å²) in [6.45, 7) is 9.19. The molecule has 0 bridgehead atoms. The minimum Gasteiger partial charge on any atom is -0.491 e. The van der Waals surface area contributed by atoms with Crippen LogP contribution in [0.1, 0.15) is 49.4 Å². The second kappa shape index (κ2) is 12.3. The minimum atomic E-state index is -0.562. The van der Waals surface area contributed by atoms with Crippen LogP contribution in [0.3, 0.4) is 0 Å². The van der Waals surface area contributed by atoms with Crippen LogP contribution in [0.2, 0.25) is 0 Å². The summed E-state index contributed by atoms with van der Waals surface area (Å²) >= 11 is 0. The summed E-state index contributed by atoms with van der Waals surface area (Å²) in [6.07, 6.45) is 2.16. The topological polar surface area (TPSA) is 48.0 Å². The van der Waals surface area contributed by atoms with Crippen LogP contribution in [-0.2, 0) is 28.9 Å². The fourth-order valence-corrected chi connectivity index (χ4v) is 4.67. The van der Waals surface area contributed by atoms with E-state index < -0.39 is 5.60 Å². The summed E-state index contributed by atoms with van der Waals surface area (Å²) in [4.78, 5) is 14.8. The van der Waals surface area contributed by atoms with Crippen molar-refractivity contribution in [3.63, 3.8) is 0 Å². The molecule has 0 spiro atoms. The van der Waals surface area contributed by atoms with Crippen molar-refractivity contribution in [2.45, 2.75) is 71.3 Å². The number of amides is 1. The highest BCUT2D eigenvalue weighted by Gasteiger charge is 2.38. The molecule has 5 nitrogen and oxygen atoms in total. The molecule has 1 heterocycles. The van der Waals surface area contributed by atoms with E-state index in [-0.39, 0.29) is 18.2 Å². The van der Waals surface area contributed by atoms with Gasteiger partial charge in [-0.3, -0.25) is 4.90 Å². The number of nitrogens with zero attached hydrogens (tertiary/aromatic N) is 1. The predicted molar refractivity (Wildman–Crippen MR) is 147 cm³/mol. The molecular formula is C32H39NO4. The molecule has 5 heteroatoms. The van der Waals surface area contributed by atoms with Crippen LogP contribution < -0.4 is 4.74 Å². The first kappa shape index (κ1) is 26.7. The van der Waals surface area contributed by atoms with Crippen LogP contribution >= 0.6 is 0 Å². The maximum atomic E-state index is 13.0. The van der Waals surface area contributed by atoms with Gasteiger partial charge in [0.1, 0.15) is 18.0 Å². The molecule has 1 aliphatic rings. The van der Waals surface area contributed by atoms with Gasteiger partial charge in [-0.15, -0.1) is 0 Å². The second-order valence-corrected chi connectivity index (χ2v) is 10.8. The van der Waals surface area contributed by atoms with Gasteiger partial charge in [-0.05, 0) is 69.7 Å². The Kier molecular flexibility index (Phi) is 8.88. The molecule has 1 aliphatic heterocycles. The molecule has 3 aromatic carbocycles. The largest absolute Gasteiger partial charge is 0.491 e. The quantitative estimate of drug-likeness (QED) is 0.325. The molecule has 0 N–H and O–H groups in total. The zero-order valence-corrected chi connectivity index (χ0v) is 22.5. The summed E-state index contributed by atoms with van der Waals surface area (Å²) in [5.74, 6) is 0.868. The maximum absolute atomic E-state index is 13.0. The lowest BCUT2D eigenvalue weighted by Crippen LogP contribution is -2.42. The Labute approximate surface area is 221 Å². The molecule has 196 valence electrons. The molecule has 1 fully saturated rings. The molecule has 0 saturated carbocycles. The van der Waals surface area contributed by atoms with Crippen LogP contribution in [-0.4, -0.2) is 41.9 Å². The minimum absolute atomic E-state index is 0.0714. The van der Waals surface area contributed by atoms with Crippen LogP contribution in [0.25, 0.3) is 0 Å². The number of aryl methyl sites for hydroxylation is 3. The molecular weight excluding hydrogens is 462 g/mol. The van der Waals surface area contributed by atoms with E-state index in [2.05, 4.69) is 55.5 Å². The smallest absolute Gasteiger partial charge is 0.410 e. The highest BCUT2D eigenvalue weighted by molar-refractivity contribution is 5.69. The van der Waals surface area contributed by atoms with E-state index in [0.717, 1.165) is 24.2 Å². The number of ether oxygens (including phenoxy) is 3. The molecule has 4 rings (SSSR count). The number of para-hydroxylation sites is 1. The van der Waals surface area contributed by atoms with Crippen molar-refractivity contribution in [3.05, 3.63) is 101 Å². The average molecular weight is 502 g/mol. The lowest BCUT2D eigenvalue weighted by atomic mass is 10.0. The molecule has 0 radical (unpaired) electrons. The summed E-state index contributed by atoms with van der Waals surface area (Å²) in [5.41, 5.74) is 4.32. The van der Waals surface area contributed by atoms with Crippen LogP contribution in [0.5, 0.6) is 5.75 Å². The molecule has 1 saturated heterocycles. The Morgan fingerprint density at radius 1 is 0.919 bits per heavy atom. The molecule has 0 aliphatic carbocycles. The number of carbonyl (C=O) groups is 1. The first-order valence-corrected chi connectivity index (χ1v) is 13.2. The highest BCUT2D eigenvalue weighted by Crippen LogP contribution is 2.27. The molecule has 1 amide bonds. The summed E-state index contributed by atoms with van der Waals surface area (Å²) in [7, 11) is 0. The fourth-order valence-electron chi connectivity index (χ4n) is 4.67. The lowest BCUT2D eigenvalue weighted by molar-refractivity contribution is 0.0127. The number of likely N-dealkylation sites (tertiary alicyclic amines) is 1. The zero-order valence-electron chi connectivity index (χ0n) is 22.5. The van der Waals surface area contributed by atoms with Crippen molar-refractivity contribution in [2.24, 2.45) is 0 Å². The van der Waals surface area contributed by atoms with E-state index in [9.17, 15) is 4.79 Å². The van der Waals surface area contributed by atoms with E-state index in [1.165, 1.54) is 16.7 Å². The van der Waals surface area contributed by atoms with Gasteiger partial charge in [-0.25, -0.2) is 4.79 Å². The Morgan fingerprint density at radius 3 is 2.41 bits per heavy atom. The van der Waals surface area contributed by atoms with Gasteiger partial charge >= 0.3 is 6.09 Å². The fraction of sp³-hybridized carbons (Fsp3) is 0.406. The van der Waals surface area contributed by atoms with Crippen molar-refractivity contribution in [1.29, 1.82) is 0 Å². The van der Waals surface area contributed by atoms with Crippen molar-refractivity contribution in [3.8, 4) is 5.75 Å². The highest BCUT2D eigenvalue weighted by atomic mass is 16.6. The Bertz CT molecular complexity index is 1150. The standard InChI is InChI=1S/C32H39NO4/c1-24-11-10-14-25(19-24)17-18-27-15-8-9-16-30(27)36-23-28-20-29(35-22-26-12-6-5-7-13-26)21-33(28)31(34)37-32(2,3)4/h5-16,19,28-29H,17-18,20-23H2,1-4H3/t28?,29-/m1/s1. The van der Waals surface area contributed by atoms with Gasteiger partial charge in [0.2, 0.25) is 0 Å². The number of carbonyl (C=O) groups excluding carboxylic acids is 1. The van der Waals surface area contributed by atoms with E-state index in [1.807, 2.05) is 51.1 Å². The van der Waals surface area contributed by atoms with Crippen LogP contribution in [0.4, 0.5) is 4.79 Å². The maximum Gasteiger partial charge on any atom is 0.410 e. The third kappa shape index (κ3) is 8.09. The number of hydrogen-bond donors (Lipinski definition) is 0. The van der Waals surface area contributed by atoms with Crippen LogP contribution in [0, 0.1) is 6.92 Å².